The number of nitrogens with zero attached hydrogens (tertiary/aromatic N) is 3. The molecular weight excluding hydrogens is 386 g/mol. The van der Waals surface area contributed by atoms with Crippen LogP contribution in [0.3, 0.4) is 0 Å². The summed E-state index contributed by atoms with van der Waals surface area (Å²) in [5, 5.41) is 9.56. The van der Waals surface area contributed by atoms with E-state index in [2.05, 4.69) is 0 Å². The normalized spacial score (nSPS) is 17.2. The highest BCUT2D eigenvalue weighted by atomic mass is 16.3. The Kier molecular flexibility index (Phi) is 4.99. The van der Waals surface area contributed by atoms with Crippen molar-refractivity contribution in [2.24, 2.45) is 0 Å². The molecule has 1 unspecified atom stereocenters. The third kappa shape index (κ3) is 3.30. The van der Waals surface area contributed by atoms with Crippen LogP contribution in [0.2, 0.25) is 0 Å². The van der Waals surface area contributed by atoms with E-state index in [1.165, 1.54) is 12.1 Å². The van der Waals surface area contributed by atoms with Crippen molar-refractivity contribution in [3.8, 4) is 5.75 Å². The van der Waals surface area contributed by atoms with E-state index in [1.807, 2.05) is 0 Å². The molecule has 30 heavy (non-hydrogen) atoms. The van der Waals surface area contributed by atoms with Gasteiger partial charge in [0.05, 0.1) is 11.1 Å². The lowest BCUT2D eigenvalue weighted by atomic mass is 10.1. The van der Waals surface area contributed by atoms with Crippen molar-refractivity contribution in [3.63, 3.8) is 0 Å². The van der Waals surface area contributed by atoms with Gasteiger partial charge in [0.1, 0.15) is 11.8 Å². The second-order valence-corrected chi connectivity index (χ2v) is 7.37. The number of imide groups is 1. The van der Waals surface area contributed by atoms with Crippen LogP contribution >= 0.6 is 0 Å². The number of rotatable bonds is 3. The predicted molar refractivity (Wildman–Crippen MR) is 107 cm³/mol. The Morgan fingerprint density at radius 1 is 0.867 bits per heavy atom. The SMILES string of the molecule is CC(C(=O)N1CCN(C(=O)c2cccc(O)c2)CC1)N1C(=O)c2ccccc2C1=O. The van der Waals surface area contributed by atoms with Gasteiger partial charge in [0.2, 0.25) is 5.91 Å². The van der Waals surface area contributed by atoms with Gasteiger partial charge in [-0.05, 0) is 37.3 Å². The molecule has 0 spiro atoms. The van der Waals surface area contributed by atoms with Crippen molar-refractivity contribution in [1.82, 2.24) is 14.7 Å². The van der Waals surface area contributed by atoms with E-state index in [1.54, 1.807) is 53.1 Å². The predicted octanol–water partition coefficient (Wildman–Crippen LogP) is 1.36. The molecule has 0 radical (unpaired) electrons. The zero-order valence-corrected chi connectivity index (χ0v) is 16.4. The zero-order chi connectivity index (χ0) is 21.4. The Labute approximate surface area is 173 Å². The molecule has 2 aromatic carbocycles. The Bertz CT molecular complexity index is 1010. The van der Waals surface area contributed by atoms with E-state index in [9.17, 15) is 24.3 Å². The molecule has 8 heteroatoms. The van der Waals surface area contributed by atoms with E-state index < -0.39 is 17.9 Å². The second-order valence-electron chi connectivity index (χ2n) is 7.37. The summed E-state index contributed by atoms with van der Waals surface area (Å²) in [6, 6.07) is 11.7. The molecule has 154 valence electrons. The van der Waals surface area contributed by atoms with Crippen LogP contribution < -0.4 is 0 Å². The van der Waals surface area contributed by atoms with Crippen molar-refractivity contribution in [2.45, 2.75) is 13.0 Å². The first-order chi connectivity index (χ1) is 14.4. The Morgan fingerprint density at radius 3 is 2.00 bits per heavy atom. The summed E-state index contributed by atoms with van der Waals surface area (Å²) in [7, 11) is 0. The maximum atomic E-state index is 13.0. The van der Waals surface area contributed by atoms with Crippen LogP contribution in [-0.4, -0.2) is 75.7 Å². The first-order valence-electron chi connectivity index (χ1n) is 9.72. The van der Waals surface area contributed by atoms with Crippen LogP contribution in [0.4, 0.5) is 0 Å². The zero-order valence-electron chi connectivity index (χ0n) is 16.4. The lowest BCUT2D eigenvalue weighted by Crippen LogP contribution is -2.56. The monoisotopic (exact) mass is 407 g/mol. The highest BCUT2D eigenvalue weighted by Crippen LogP contribution is 2.25. The average molecular weight is 407 g/mol. The largest absolute Gasteiger partial charge is 0.508 e. The number of amides is 4. The summed E-state index contributed by atoms with van der Waals surface area (Å²) in [6.45, 7) is 2.81. The van der Waals surface area contributed by atoms with E-state index in [4.69, 9.17) is 0 Å². The molecule has 2 aromatic rings. The fourth-order valence-corrected chi connectivity index (χ4v) is 3.89. The number of aromatic hydroxyl groups is 1. The molecule has 2 aliphatic rings. The number of carbonyl (C=O) groups is 4. The molecule has 2 heterocycles. The molecule has 0 bridgehead atoms. The van der Waals surface area contributed by atoms with Gasteiger partial charge in [-0.1, -0.05) is 18.2 Å². The van der Waals surface area contributed by atoms with Gasteiger partial charge in [-0.3, -0.25) is 24.1 Å². The van der Waals surface area contributed by atoms with Crippen LogP contribution in [0.5, 0.6) is 5.75 Å². The van der Waals surface area contributed by atoms with Gasteiger partial charge in [0.15, 0.2) is 0 Å². The summed E-state index contributed by atoms with van der Waals surface area (Å²) < 4.78 is 0. The molecule has 0 saturated carbocycles. The van der Waals surface area contributed by atoms with Gasteiger partial charge in [-0.15, -0.1) is 0 Å². The highest BCUT2D eigenvalue weighted by molar-refractivity contribution is 6.22. The molecule has 0 aliphatic carbocycles. The summed E-state index contributed by atoms with van der Waals surface area (Å²) in [5.41, 5.74) is 1.00. The van der Waals surface area contributed by atoms with Crippen molar-refractivity contribution >= 4 is 23.6 Å². The average Bonchev–Trinajstić information content (AvgIpc) is 3.03. The first-order valence-corrected chi connectivity index (χ1v) is 9.72. The van der Waals surface area contributed by atoms with Gasteiger partial charge in [-0.2, -0.15) is 0 Å². The summed E-state index contributed by atoms with van der Waals surface area (Å²) in [6.07, 6.45) is 0. The molecule has 8 nitrogen and oxygen atoms in total. The lowest BCUT2D eigenvalue weighted by Gasteiger charge is -2.37. The summed E-state index contributed by atoms with van der Waals surface area (Å²) >= 11 is 0. The van der Waals surface area contributed by atoms with E-state index >= 15 is 0 Å². The number of hydrogen-bond donors (Lipinski definition) is 1. The van der Waals surface area contributed by atoms with Crippen molar-refractivity contribution in [3.05, 3.63) is 65.2 Å². The standard InChI is InChI=1S/C22H21N3O5/c1-14(25-21(29)17-7-2-3-8-18(17)22(25)30)19(27)23-9-11-24(12-10-23)20(28)15-5-4-6-16(26)13-15/h2-8,13-14,26H,9-12H2,1H3. The van der Waals surface area contributed by atoms with Gasteiger partial charge in [-0.25, -0.2) is 0 Å². The third-order valence-corrected chi connectivity index (χ3v) is 5.54. The number of phenols is 1. The van der Waals surface area contributed by atoms with Crippen LogP contribution in [0, 0.1) is 0 Å². The molecule has 1 fully saturated rings. The molecule has 1 saturated heterocycles. The second kappa shape index (κ2) is 7.62. The summed E-state index contributed by atoms with van der Waals surface area (Å²) in [5.74, 6) is -1.45. The minimum Gasteiger partial charge on any atom is -0.508 e. The van der Waals surface area contributed by atoms with Crippen LogP contribution in [-0.2, 0) is 4.79 Å². The maximum Gasteiger partial charge on any atom is 0.262 e. The Hall–Kier alpha value is -3.68. The number of fused-ring (bicyclic) bond motifs is 1. The minimum absolute atomic E-state index is 0.0180. The molecule has 2 aliphatic heterocycles. The Balaban J connectivity index is 1.41. The van der Waals surface area contributed by atoms with Crippen molar-refractivity contribution in [1.29, 1.82) is 0 Å². The highest BCUT2D eigenvalue weighted by Gasteiger charge is 2.42. The van der Waals surface area contributed by atoms with E-state index in [0.29, 0.717) is 42.9 Å². The van der Waals surface area contributed by atoms with Gasteiger partial charge < -0.3 is 14.9 Å². The third-order valence-electron chi connectivity index (χ3n) is 5.54. The van der Waals surface area contributed by atoms with E-state index in [-0.39, 0.29) is 17.6 Å². The number of carbonyl (C=O) groups excluding carboxylic acids is 4. The summed E-state index contributed by atoms with van der Waals surface area (Å²) in [4.78, 5) is 55.0. The van der Waals surface area contributed by atoms with Crippen molar-refractivity contribution in [2.75, 3.05) is 26.2 Å². The topological polar surface area (TPSA) is 98.2 Å². The van der Waals surface area contributed by atoms with Gasteiger partial charge in [0, 0.05) is 31.7 Å². The molecule has 4 amide bonds. The fraction of sp³-hybridized carbons (Fsp3) is 0.273. The van der Waals surface area contributed by atoms with Crippen LogP contribution in [0.1, 0.15) is 38.0 Å². The molecule has 0 aromatic heterocycles. The lowest BCUT2D eigenvalue weighted by molar-refractivity contribution is -0.136. The van der Waals surface area contributed by atoms with Crippen molar-refractivity contribution < 1.29 is 24.3 Å². The number of phenolic OH excluding ortho intramolecular Hbond substituents is 1. The molecule has 1 atom stereocenters. The smallest absolute Gasteiger partial charge is 0.262 e. The molecular formula is C22H21N3O5. The van der Waals surface area contributed by atoms with Gasteiger partial charge >= 0.3 is 0 Å². The first kappa shape index (κ1) is 19.6. The number of hydrogen-bond acceptors (Lipinski definition) is 5. The van der Waals surface area contributed by atoms with E-state index in [0.717, 1.165) is 4.90 Å². The van der Waals surface area contributed by atoms with Gasteiger partial charge in [0.25, 0.3) is 17.7 Å². The van der Waals surface area contributed by atoms with Crippen LogP contribution in [0.15, 0.2) is 48.5 Å². The molecule has 1 N–H and O–H groups in total. The maximum absolute atomic E-state index is 13.0. The fourth-order valence-electron chi connectivity index (χ4n) is 3.89. The quantitative estimate of drug-likeness (QED) is 0.775. The minimum atomic E-state index is -0.925. The van der Waals surface area contributed by atoms with Crippen LogP contribution in [0.25, 0.3) is 0 Å². The number of benzene rings is 2. The Morgan fingerprint density at radius 2 is 1.43 bits per heavy atom. The number of piperazine rings is 1. The molecule has 4 rings (SSSR count).